The summed E-state index contributed by atoms with van der Waals surface area (Å²) in [6.07, 6.45) is 0. The van der Waals surface area contributed by atoms with Gasteiger partial charge in [-0.2, -0.15) is 4.98 Å². The van der Waals surface area contributed by atoms with Crippen molar-refractivity contribution in [2.24, 2.45) is 0 Å². The topological polar surface area (TPSA) is 59.2 Å². The molecule has 0 radical (unpaired) electrons. The third-order valence-corrected chi connectivity index (χ3v) is 4.51. The molecule has 0 amide bonds. The quantitative estimate of drug-likeness (QED) is 0.559. The summed E-state index contributed by atoms with van der Waals surface area (Å²) < 4.78 is 13.8. The van der Waals surface area contributed by atoms with Crippen LogP contribution in [-0.2, 0) is 13.2 Å². The molecule has 1 aromatic carbocycles. The van der Waals surface area contributed by atoms with Crippen molar-refractivity contribution in [3.05, 3.63) is 50.6 Å². The average Bonchev–Trinajstić information content (AvgIpc) is 3.13. The highest BCUT2D eigenvalue weighted by molar-refractivity contribution is 9.10. The Kier molecular flexibility index (Phi) is 5.63. The Balaban J connectivity index is 1.81. The summed E-state index contributed by atoms with van der Waals surface area (Å²) in [5, 5.41) is 3.80. The fraction of sp³-hybridized carbons (Fsp3) is 0.250. The molecule has 1 N–H and O–H groups in total. The molecule has 6 nitrogen and oxygen atoms in total. The number of halogens is 2. The van der Waals surface area contributed by atoms with Gasteiger partial charge >= 0.3 is 0 Å². The van der Waals surface area contributed by atoms with E-state index in [-0.39, 0.29) is 0 Å². The first-order valence-corrected chi connectivity index (χ1v) is 8.97. The second-order valence-corrected chi connectivity index (χ2v) is 7.07. The molecule has 0 atom stereocenters. The van der Waals surface area contributed by atoms with E-state index in [0.29, 0.717) is 39.3 Å². The minimum absolute atomic E-state index is 0.449. The van der Waals surface area contributed by atoms with E-state index >= 15 is 0 Å². The highest BCUT2D eigenvalue weighted by Crippen LogP contribution is 2.30. The van der Waals surface area contributed by atoms with Gasteiger partial charge in [0.05, 0.1) is 25.9 Å². The number of furan rings is 1. The maximum Gasteiger partial charge on any atom is 0.217 e. The van der Waals surface area contributed by atoms with E-state index in [4.69, 9.17) is 33.0 Å². The first kappa shape index (κ1) is 18.2. The Morgan fingerprint density at radius 2 is 2.20 bits per heavy atom. The van der Waals surface area contributed by atoms with Crippen LogP contribution in [0.2, 0.25) is 5.02 Å². The van der Waals surface area contributed by atoms with Crippen LogP contribution in [0.3, 0.4) is 0 Å². The molecule has 2 heterocycles. The lowest BCUT2D eigenvalue weighted by Crippen LogP contribution is -2.22. The van der Waals surface area contributed by atoms with E-state index < -0.39 is 0 Å². The number of aromatic amines is 1. The lowest BCUT2D eigenvalue weighted by Gasteiger charge is -2.15. The van der Waals surface area contributed by atoms with Crippen molar-refractivity contribution >= 4 is 39.7 Å². The van der Waals surface area contributed by atoms with Gasteiger partial charge in [-0.25, -0.2) is 4.68 Å². The Hall–Kier alpha value is -1.61. The van der Waals surface area contributed by atoms with Crippen LogP contribution in [-0.4, -0.2) is 33.8 Å². The zero-order valence-corrected chi connectivity index (χ0v) is 16.8. The molecule has 0 aliphatic rings. The highest BCUT2D eigenvalue weighted by Gasteiger charge is 2.13. The number of nitrogens with one attached hydrogen (secondary N) is 1. The third kappa shape index (κ3) is 4.33. The highest BCUT2D eigenvalue weighted by atomic mass is 79.9. The predicted molar refractivity (Wildman–Crippen MR) is 102 cm³/mol. The average molecular weight is 444 g/mol. The Bertz CT molecular complexity index is 936. The van der Waals surface area contributed by atoms with Crippen LogP contribution in [0.15, 0.2) is 39.4 Å². The maximum absolute atomic E-state index is 6.09. The van der Waals surface area contributed by atoms with Crippen LogP contribution < -0.4 is 4.74 Å². The van der Waals surface area contributed by atoms with Crippen molar-refractivity contribution in [1.82, 2.24) is 19.7 Å². The minimum atomic E-state index is 0.449. The predicted octanol–water partition coefficient (Wildman–Crippen LogP) is 4.71. The minimum Gasteiger partial charge on any atom is -0.496 e. The van der Waals surface area contributed by atoms with Gasteiger partial charge < -0.3 is 9.15 Å². The van der Waals surface area contributed by atoms with Gasteiger partial charge in [-0.15, -0.1) is 0 Å². The van der Waals surface area contributed by atoms with Crippen molar-refractivity contribution < 1.29 is 9.15 Å². The van der Waals surface area contributed by atoms with E-state index in [1.54, 1.807) is 30.0 Å². The lowest BCUT2D eigenvalue weighted by atomic mass is 10.2. The number of hydrogen-bond donors (Lipinski definition) is 1. The number of benzene rings is 1. The molecular formula is C16H16BrClN4O2S. The first-order chi connectivity index (χ1) is 12.0. The van der Waals surface area contributed by atoms with Gasteiger partial charge in [-0.1, -0.05) is 11.6 Å². The fourth-order valence-corrected chi connectivity index (χ4v) is 3.14. The second-order valence-electron chi connectivity index (χ2n) is 5.49. The van der Waals surface area contributed by atoms with Gasteiger partial charge in [0.2, 0.25) is 4.77 Å². The number of ether oxygens (including phenoxy) is 1. The number of nitrogens with zero attached hydrogens (tertiary/aromatic N) is 3. The summed E-state index contributed by atoms with van der Waals surface area (Å²) in [7, 11) is 3.58. The number of H-pyrrole nitrogens is 1. The van der Waals surface area contributed by atoms with Gasteiger partial charge in [0, 0.05) is 5.02 Å². The van der Waals surface area contributed by atoms with E-state index in [1.807, 2.05) is 19.2 Å². The van der Waals surface area contributed by atoms with Gasteiger partial charge in [0.1, 0.15) is 11.5 Å². The third-order valence-electron chi connectivity index (χ3n) is 3.53. The van der Waals surface area contributed by atoms with Crippen LogP contribution in [0.25, 0.3) is 11.4 Å². The van der Waals surface area contributed by atoms with Crippen LogP contribution in [0.4, 0.5) is 0 Å². The van der Waals surface area contributed by atoms with Crippen LogP contribution in [0.1, 0.15) is 5.76 Å². The monoisotopic (exact) mass is 442 g/mol. The second kappa shape index (κ2) is 7.74. The largest absolute Gasteiger partial charge is 0.496 e. The summed E-state index contributed by atoms with van der Waals surface area (Å²) in [4.78, 5) is 6.47. The van der Waals surface area contributed by atoms with Crippen LogP contribution >= 0.6 is 39.7 Å². The molecule has 0 unspecified atom stereocenters. The zero-order chi connectivity index (χ0) is 18.0. The first-order valence-electron chi connectivity index (χ1n) is 7.40. The fourth-order valence-electron chi connectivity index (χ4n) is 2.43. The van der Waals surface area contributed by atoms with Crippen LogP contribution in [0, 0.1) is 4.77 Å². The maximum atomic E-state index is 6.09. The summed E-state index contributed by atoms with van der Waals surface area (Å²) in [6, 6.07) is 9.16. The van der Waals surface area contributed by atoms with E-state index in [9.17, 15) is 0 Å². The van der Waals surface area contributed by atoms with Gasteiger partial charge in [-0.3, -0.25) is 10.00 Å². The molecule has 3 aromatic rings. The lowest BCUT2D eigenvalue weighted by molar-refractivity contribution is 0.225. The van der Waals surface area contributed by atoms with Crippen molar-refractivity contribution in [2.45, 2.75) is 13.2 Å². The summed E-state index contributed by atoms with van der Waals surface area (Å²) in [6.45, 7) is 1.18. The molecule has 0 saturated heterocycles. The molecule has 9 heteroatoms. The Labute approximate surface area is 163 Å². The number of aromatic nitrogens is 3. The van der Waals surface area contributed by atoms with Gasteiger partial charge in [-0.05, 0) is 65.5 Å². The Morgan fingerprint density at radius 3 is 2.88 bits per heavy atom. The molecule has 0 spiro atoms. The van der Waals surface area contributed by atoms with E-state index in [0.717, 1.165) is 11.3 Å². The zero-order valence-electron chi connectivity index (χ0n) is 13.6. The smallest absolute Gasteiger partial charge is 0.217 e. The Morgan fingerprint density at radius 1 is 1.40 bits per heavy atom. The molecule has 0 bridgehead atoms. The number of rotatable bonds is 6. The summed E-state index contributed by atoms with van der Waals surface area (Å²) >= 11 is 14.8. The molecule has 0 fully saturated rings. The molecule has 25 heavy (non-hydrogen) atoms. The van der Waals surface area contributed by atoms with Crippen LogP contribution in [0.5, 0.6) is 5.75 Å². The van der Waals surface area contributed by atoms with E-state index in [2.05, 4.69) is 30.9 Å². The molecular weight excluding hydrogens is 428 g/mol. The van der Waals surface area contributed by atoms with Gasteiger partial charge in [0.15, 0.2) is 10.5 Å². The molecule has 2 aromatic heterocycles. The molecule has 132 valence electrons. The van der Waals surface area contributed by atoms with Crippen molar-refractivity contribution in [1.29, 1.82) is 0 Å². The summed E-state index contributed by atoms with van der Waals surface area (Å²) in [5.74, 6) is 2.14. The van der Waals surface area contributed by atoms with Crippen molar-refractivity contribution in [2.75, 3.05) is 14.2 Å². The summed E-state index contributed by atoms with van der Waals surface area (Å²) in [5.41, 5.74) is 0.762. The molecule has 0 saturated carbocycles. The molecule has 0 aliphatic carbocycles. The number of hydrogen-bond acceptors (Lipinski definition) is 5. The van der Waals surface area contributed by atoms with E-state index in [1.165, 1.54) is 0 Å². The van der Waals surface area contributed by atoms with Crippen molar-refractivity contribution in [3.8, 4) is 17.1 Å². The normalized spacial score (nSPS) is 11.2. The number of methoxy groups -OCH3 is 1. The van der Waals surface area contributed by atoms with Crippen molar-refractivity contribution in [3.63, 3.8) is 0 Å². The molecule has 0 aliphatic heterocycles. The standard InChI is InChI=1S/C16H16BrClN4O2S/c1-21(8-11-4-6-14(17)24-11)9-22-16(25)19-15(20-22)12-7-10(18)3-5-13(12)23-2/h3-7H,8-9H2,1-2H3,(H,19,20,25). The van der Waals surface area contributed by atoms with Gasteiger partial charge in [0.25, 0.3) is 0 Å². The SMILES string of the molecule is COc1ccc(Cl)cc1-c1nc(=S)n(CN(C)Cc2ccc(Br)o2)[nH]1. The molecule has 3 rings (SSSR count).